The number of amides is 4. The lowest BCUT2D eigenvalue weighted by molar-refractivity contribution is 0.148. The molecule has 15 heteroatoms. The minimum atomic E-state index is -2.67. The van der Waals surface area contributed by atoms with E-state index in [-0.39, 0.29) is 18.7 Å². The van der Waals surface area contributed by atoms with Crippen LogP contribution in [0.25, 0.3) is 16.3 Å². The Morgan fingerprint density at radius 3 is 2.40 bits per heavy atom. The van der Waals surface area contributed by atoms with Crippen LogP contribution >= 0.6 is 11.3 Å². The molecule has 1 aliphatic heterocycles. The zero-order valence-corrected chi connectivity index (χ0v) is 26.6. The van der Waals surface area contributed by atoms with Crippen molar-refractivity contribution in [3.05, 3.63) is 108 Å². The molecule has 0 atom stereocenters. The van der Waals surface area contributed by atoms with E-state index in [1.165, 1.54) is 27.2 Å². The Hall–Kier alpha value is -5.28. The van der Waals surface area contributed by atoms with Gasteiger partial charge in [-0.2, -0.15) is 5.10 Å². The fourth-order valence-corrected chi connectivity index (χ4v) is 6.67. The molecular weight excluding hydrogens is 648 g/mol. The standard InChI is InChI=1S/C33H30F4N8O2S/c1-42(2)17-23-24-18-43(22-11-12-29(38-15-22)45-14-4-13-40-45)33(47)44(19-25-26(34)5-3-6-27(25)35)31(24)48-30(23)20-7-9-21(10-8-20)41-32(46)39-16-28(36)37/h3-15,28H,16-19H2,1-2H3,(H2,39,41,46). The van der Waals surface area contributed by atoms with Crippen LogP contribution in [0.2, 0.25) is 0 Å². The first-order chi connectivity index (χ1) is 23.1. The lowest BCUT2D eigenvalue weighted by atomic mass is 10.0. The van der Waals surface area contributed by atoms with Gasteiger partial charge in [0.1, 0.15) is 16.6 Å². The average Bonchev–Trinajstić information content (AvgIpc) is 3.72. The second-order valence-electron chi connectivity index (χ2n) is 11.2. The number of carbonyl (C=O) groups excluding carboxylic acids is 2. The van der Waals surface area contributed by atoms with E-state index in [0.29, 0.717) is 28.7 Å². The normalized spacial score (nSPS) is 13.0. The molecule has 10 nitrogen and oxygen atoms in total. The Balaban J connectivity index is 1.40. The number of anilines is 3. The smallest absolute Gasteiger partial charge is 0.330 e. The van der Waals surface area contributed by atoms with Gasteiger partial charge in [-0.05, 0) is 67.7 Å². The van der Waals surface area contributed by atoms with E-state index in [1.54, 1.807) is 65.7 Å². The number of pyridine rings is 1. The third-order valence-electron chi connectivity index (χ3n) is 7.58. The number of rotatable bonds is 10. The van der Waals surface area contributed by atoms with E-state index in [9.17, 15) is 27.2 Å². The Bertz CT molecular complexity index is 1900. The van der Waals surface area contributed by atoms with Gasteiger partial charge < -0.3 is 15.5 Å². The van der Waals surface area contributed by atoms with E-state index in [1.807, 2.05) is 19.0 Å². The van der Waals surface area contributed by atoms with Gasteiger partial charge in [0.15, 0.2) is 5.82 Å². The molecule has 0 bridgehead atoms. The number of urea groups is 2. The number of aromatic nitrogens is 3. The van der Waals surface area contributed by atoms with Crippen LogP contribution in [0.1, 0.15) is 16.7 Å². The summed E-state index contributed by atoms with van der Waals surface area (Å²) >= 11 is 1.33. The lowest BCUT2D eigenvalue weighted by Crippen LogP contribution is -2.47. The van der Waals surface area contributed by atoms with Crippen LogP contribution in [0.3, 0.4) is 0 Å². The van der Waals surface area contributed by atoms with E-state index < -0.39 is 36.7 Å². The van der Waals surface area contributed by atoms with Crippen molar-refractivity contribution in [3.63, 3.8) is 0 Å². The van der Waals surface area contributed by atoms with E-state index >= 15 is 0 Å². The van der Waals surface area contributed by atoms with E-state index in [0.717, 1.165) is 33.7 Å². The number of alkyl halides is 2. The van der Waals surface area contributed by atoms with E-state index in [2.05, 4.69) is 20.7 Å². The molecule has 0 saturated heterocycles. The Morgan fingerprint density at radius 1 is 1.02 bits per heavy atom. The molecule has 0 aliphatic carbocycles. The molecular formula is C33H30F4N8O2S. The second-order valence-corrected chi connectivity index (χ2v) is 12.2. The quantitative estimate of drug-likeness (QED) is 0.157. The fourth-order valence-electron chi connectivity index (χ4n) is 5.35. The molecule has 2 N–H and O–H groups in total. The Labute approximate surface area is 277 Å². The molecule has 0 saturated carbocycles. The summed E-state index contributed by atoms with van der Waals surface area (Å²) in [6.07, 6.45) is 2.26. The van der Waals surface area contributed by atoms with Gasteiger partial charge in [-0.1, -0.05) is 18.2 Å². The largest absolute Gasteiger partial charge is 0.332 e. The zero-order chi connectivity index (χ0) is 33.9. The number of benzene rings is 2. The van der Waals surface area contributed by atoms with Crippen LogP contribution in [0, 0.1) is 11.6 Å². The number of carbonyl (C=O) groups is 2. The van der Waals surface area contributed by atoms with Gasteiger partial charge in [0.2, 0.25) is 0 Å². The maximum Gasteiger partial charge on any atom is 0.330 e. The molecule has 4 heterocycles. The SMILES string of the molecule is CN(C)Cc1c(-c2ccc(NC(=O)NCC(F)F)cc2)sc2c1CN(c1ccc(-n3cccn3)nc1)C(=O)N2Cc1c(F)cccc1F. The van der Waals surface area contributed by atoms with Crippen molar-refractivity contribution in [2.45, 2.75) is 26.1 Å². The first-order valence-corrected chi connectivity index (χ1v) is 15.6. The first kappa shape index (κ1) is 32.7. The highest BCUT2D eigenvalue weighted by atomic mass is 32.1. The number of hydrogen-bond acceptors (Lipinski definition) is 6. The van der Waals surface area contributed by atoms with Gasteiger partial charge in [-0.25, -0.2) is 36.8 Å². The molecule has 6 rings (SSSR count). The predicted molar refractivity (Wildman–Crippen MR) is 176 cm³/mol. The summed E-state index contributed by atoms with van der Waals surface area (Å²) in [7, 11) is 3.82. The van der Waals surface area contributed by atoms with Gasteiger partial charge >= 0.3 is 12.1 Å². The molecule has 1 aliphatic rings. The summed E-state index contributed by atoms with van der Waals surface area (Å²) in [5.41, 5.74) is 3.13. The Morgan fingerprint density at radius 2 is 1.77 bits per heavy atom. The maximum atomic E-state index is 15.0. The van der Waals surface area contributed by atoms with Crippen LogP contribution < -0.4 is 20.4 Å². The number of thiophene rings is 1. The van der Waals surface area contributed by atoms with Crippen LogP contribution in [-0.4, -0.2) is 58.8 Å². The topological polar surface area (TPSA) is 98.6 Å². The predicted octanol–water partition coefficient (Wildman–Crippen LogP) is 6.87. The molecule has 0 spiro atoms. The van der Waals surface area contributed by atoms with Crippen molar-refractivity contribution < 1.29 is 27.2 Å². The highest BCUT2D eigenvalue weighted by Crippen LogP contribution is 2.47. The molecule has 5 aromatic rings. The third-order valence-corrected chi connectivity index (χ3v) is 8.92. The summed E-state index contributed by atoms with van der Waals surface area (Å²) in [6, 6.07) is 14.4. The van der Waals surface area contributed by atoms with Gasteiger partial charge in [-0.3, -0.25) is 9.80 Å². The summed E-state index contributed by atoms with van der Waals surface area (Å²) in [6.45, 7) is -0.460. The van der Waals surface area contributed by atoms with E-state index in [4.69, 9.17) is 0 Å². The summed E-state index contributed by atoms with van der Waals surface area (Å²) < 4.78 is 56.5. The minimum absolute atomic E-state index is 0.177. The number of fused-ring (bicyclic) bond motifs is 1. The zero-order valence-electron chi connectivity index (χ0n) is 25.8. The molecule has 0 fully saturated rings. The molecule has 2 aromatic carbocycles. The van der Waals surface area contributed by atoms with Crippen LogP contribution in [0.15, 0.2) is 79.3 Å². The molecule has 248 valence electrons. The highest BCUT2D eigenvalue weighted by Gasteiger charge is 2.37. The van der Waals surface area contributed by atoms with Crippen molar-refractivity contribution >= 4 is 39.8 Å². The Kier molecular flexibility index (Phi) is 9.41. The van der Waals surface area contributed by atoms with Gasteiger partial charge in [0, 0.05) is 40.6 Å². The van der Waals surface area contributed by atoms with Gasteiger partial charge in [0.05, 0.1) is 31.5 Å². The number of nitrogens with zero attached hydrogens (tertiary/aromatic N) is 6. The summed E-state index contributed by atoms with van der Waals surface area (Å²) in [5, 5.41) is 9.38. The van der Waals surface area contributed by atoms with Crippen molar-refractivity contribution in [2.75, 3.05) is 35.8 Å². The number of hydrogen-bond donors (Lipinski definition) is 2. The summed E-state index contributed by atoms with van der Waals surface area (Å²) in [5.74, 6) is -0.981. The summed E-state index contributed by atoms with van der Waals surface area (Å²) in [4.78, 5) is 36.4. The molecule has 3 aromatic heterocycles. The van der Waals surface area contributed by atoms with Crippen molar-refractivity contribution in [3.8, 4) is 16.3 Å². The molecule has 0 unspecified atom stereocenters. The molecule has 4 amide bonds. The van der Waals surface area contributed by atoms with Gasteiger partial charge in [-0.15, -0.1) is 11.3 Å². The van der Waals surface area contributed by atoms with Crippen LogP contribution in [-0.2, 0) is 19.6 Å². The first-order valence-electron chi connectivity index (χ1n) is 14.8. The highest BCUT2D eigenvalue weighted by molar-refractivity contribution is 7.20. The molecule has 0 radical (unpaired) electrons. The van der Waals surface area contributed by atoms with Crippen molar-refractivity contribution in [1.29, 1.82) is 0 Å². The molecule has 48 heavy (non-hydrogen) atoms. The maximum absolute atomic E-state index is 15.0. The third kappa shape index (κ3) is 6.87. The lowest BCUT2D eigenvalue weighted by Gasteiger charge is -2.36. The average molecular weight is 679 g/mol. The van der Waals surface area contributed by atoms with Crippen LogP contribution in [0.5, 0.6) is 0 Å². The van der Waals surface area contributed by atoms with Crippen molar-refractivity contribution in [2.24, 2.45) is 0 Å². The van der Waals surface area contributed by atoms with Crippen LogP contribution in [0.4, 0.5) is 43.5 Å². The fraction of sp³-hybridized carbons (Fsp3) is 0.212. The number of nitrogens with one attached hydrogen (secondary N) is 2. The monoisotopic (exact) mass is 678 g/mol. The minimum Gasteiger partial charge on any atom is -0.332 e. The second kappa shape index (κ2) is 13.8. The van der Waals surface area contributed by atoms with Gasteiger partial charge in [0.25, 0.3) is 6.43 Å². The number of halogens is 4. The van der Waals surface area contributed by atoms with Crippen molar-refractivity contribution in [1.82, 2.24) is 25.0 Å².